The van der Waals surface area contributed by atoms with Gasteiger partial charge in [-0.15, -0.1) is 0 Å². The number of hydrogen-bond donors (Lipinski definition) is 0. The van der Waals surface area contributed by atoms with Crippen LogP contribution in [-0.4, -0.2) is 25.3 Å². The van der Waals surface area contributed by atoms with Crippen LogP contribution in [0.3, 0.4) is 0 Å². The third-order valence-electron chi connectivity index (χ3n) is 5.50. The van der Waals surface area contributed by atoms with Gasteiger partial charge in [0.25, 0.3) is 0 Å². The van der Waals surface area contributed by atoms with Gasteiger partial charge in [-0.05, 0) is 61.7 Å². The molecule has 0 bridgehead atoms. The van der Waals surface area contributed by atoms with E-state index >= 15 is 0 Å². The van der Waals surface area contributed by atoms with E-state index in [0.717, 1.165) is 43.4 Å². The molecule has 0 N–H and O–H groups in total. The number of carbonyl (C=O) groups excluding carboxylic acids is 1. The standard InChI is InChI=1S/C25H34FNO4S/c1-4-6-7-8-9-13-25(28)27(20(3)5-2)19-21-11-10-12-23(18-21)31-32(29,30)24-16-14-22(26)15-17-24/h10-12,14-18,20H,4-9,13,19H2,1-3H3. The first-order valence-corrected chi connectivity index (χ1v) is 12.8. The van der Waals surface area contributed by atoms with E-state index in [1.54, 1.807) is 18.2 Å². The minimum atomic E-state index is -4.08. The lowest BCUT2D eigenvalue weighted by atomic mass is 10.1. The molecule has 0 aromatic heterocycles. The van der Waals surface area contributed by atoms with Crippen LogP contribution in [0.25, 0.3) is 0 Å². The molecule has 7 heteroatoms. The van der Waals surface area contributed by atoms with Gasteiger partial charge in [0.1, 0.15) is 16.5 Å². The van der Waals surface area contributed by atoms with E-state index in [1.165, 1.54) is 25.0 Å². The number of rotatable bonds is 13. The smallest absolute Gasteiger partial charge is 0.339 e. The second-order valence-corrected chi connectivity index (χ2v) is 9.63. The van der Waals surface area contributed by atoms with Crippen LogP contribution >= 0.6 is 0 Å². The van der Waals surface area contributed by atoms with Gasteiger partial charge < -0.3 is 9.08 Å². The Morgan fingerprint density at radius 1 is 1.03 bits per heavy atom. The van der Waals surface area contributed by atoms with Crippen LogP contribution in [0.5, 0.6) is 5.75 Å². The van der Waals surface area contributed by atoms with E-state index < -0.39 is 15.9 Å². The monoisotopic (exact) mass is 463 g/mol. The number of hydrogen-bond acceptors (Lipinski definition) is 4. The highest BCUT2D eigenvalue weighted by molar-refractivity contribution is 7.87. The highest BCUT2D eigenvalue weighted by Crippen LogP contribution is 2.22. The normalized spacial score (nSPS) is 12.4. The van der Waals surface area contributed by atoms with E-state index in [0.29, 0.717) is 13.0 Å². The lowest BCUT2D eigenvalue weighted by Crippen LogP contribution is -2.37. The van der Waals surface area contributed by atoms with Crippen molar-refractivity contribution in [2.24, 2.45) is 0 Å². The predicted octanol–water partition coefficient (Wildman–Crippen LogP) is 6.08. The zero-order valence-corrected chi connectivity index (χ0v) is 20.0. The molecule has 0 aliphatic rings. The van der Waals surface area contributed by atoms with Crippen LogP contribution in [0.15, 0.2) is 53.4 Å². The third-order valence-corrected chi connectivity index (χ3v) is 6.76. The van der Waals surface area contributed by atoms with Gasteiger partial charge in [-0.2, -0.15) is 8.42 Å². The average molecular weight is 464 g/mol. The van der Waals surface area contributed by atoms with E-state index in [9.17, 15) is 17.6 Å². The summed E-state index contributed by atoms with van der Waals surface area (Å²) < 4.78 is 43.3. The van der Waals surface area contributed by atoms with Crippen molar-refractivity contribution in [2.75, 3.05) is 0 Å². The van der Waals surface area contributed by atoms with Gasteiger partial charge in [0.2, 0.25) is 5.91 Å². The van der Waals surface area contributed by atoms with Crippen LogP contribution in [0, 0.1) is 5.82 Å². The van der Waals surface area contributed by atoms with Gasteiger partial charge in [0.15, 0.2) is 0 Å². The van der Waals surface area contributed by atoms with Gasteiger partial charge in [-0.25, -0.2) is 4.39 Å². The molecular formula is C25H34FNO4S. The Balaban J connectivity index is 2.08. The van der Waals surface area contributed by atoms with Crippen molar-refractivity contribution >= 4 is 16.0 Å². The largest absolute Gasteiger partial charge is 0.379 e. The first kappa shape index (κ1) is 25.8. The summed E-state index contributed by atoms with van der Waals surface area (Å²) in [5.74, 6) is -0.254. The summed E-state index contributed by atoms with van der Waals surface area (Å²) >= 11 is 0. The topological polar surface area (TPSA) is 63.7 Å². The SMILES string of the molecule is CCCCCCCC(=O)N(Cc1cccc(OS(=O)(=O)c2ccc(F)cc2)c1)C(C)CC. The molecule has 0 aliphatic carbocycles. The maximum Gasteiger partial charge on any atom is 0.339 e. The Morgan fingerprint density at radius 3 is 2.38 bits per heavy atom. The van der Waals surface area contributed by atoms with Gasteiger partial charge in [0.05, 0.1) is 0 Å². The van der Waals surface area contributed by atoms with Crippen LogP contribution in [0.1, 0.15) is 71.3 Å². The molecule has 0 radical (unpaired) electrons. The summed E-state index contributed by atoms with van der Waals surface area (Å²) in [6, 6.07) is 11.3. The van der Waals surface area contributed by atoms with Gasteiger partial charge >= 0.3 is 10.1 Å². The summed E-state index contributed by atoms with van der Waals surface area (Å²) in [7, 11) is -4.08. The minimum Gasteiger partial charge on any atom is -0.379 e. The zero-order chi connectivity index (χ0) is 23.6. The van der Waals surface area contributed by atoms with Crippen LogP contribution in [-0.2, 0) is 21.5 Å². The summed E-state index contributed by atoms with van der Waals surface area (Å²) in [6.45, 7) is 6.62. The number of amides is 1. The lowest BCUT2D eigenvalue weighted by molar-refractivity contribution is -0.134. The molecule has 32 heavy (non-hydrogen) atoms. The average Bonchev–Trinajstić information content (AvgIpc) is 2.77. The van der Waals surface area contributed by atoms with Crippen molar-refractivity contribution in [3.8, 4) is 5.75 Å². The zero-order valence-electron chi connectivity index (χ0n) is 19.2. The van der Waals surface area contributed by atoms with Gasteiger partial charge in [-0.1, -0.05) is 51.7 Å². The van der Waals surface area contributed by atoms with E-state index in [2.05, 4.69) is 6.92 Å². The molecule has 1 atom stereocenters. The van der Waals surface area contributed by atoms with Crippen molar-refractivity contribution < 1.29 is 21.8 Å². The summed E-state index contributed by atoms with van der Waals surface area (Å²) in [5.41, 5.74) is 0.788. The Labute approximate surface area is 191 Å². The number of carbonyl (C=O) groups is 1. The fourth-order valence-electron chi connectivity index (χ4n) is 3.40. The summed E-state index contributed by atoms with van der Waals surface area (Å²) in [6.07, 6.45) is 6.79. The van der Waals surface area contributed by atoms with Gasteiger partial charge in [0, 0.05) is 19.0 Å². The second kappa shape index (κ2) is 12.6. The second-order valence-electron chi connectivity index (χ2n) is 8.08. The van der Waals surface area contributed by atoms with E-state index in [-0.39, 0.29) is 22.6 Å². The molecule has 2 aromatic carbocycles. The molecular weight excluding hydrogens is 429 g/mol. The third kappa shape index (κ3) is 7.93. The van der Waals surface area contributed by atoms with E-state index in [1.807, 2.05) is 24.8 Å². The highest BCUT2D eigenvalue weighted by atomic mass is 32.2. The Bertz CT molecular complexity index is 960. The van der Waals surface area contributed by atoms with Crippen LogP contribution in [0.2, 0.25) is 0 Å². The maximum absolute atomic E-state index is 13.1. The van der Waals surface area contributed by atoms with E-state index in [4.69, 9.17) is 4.18 Å². The predicted molar refractivity (Wildman–Crippen MR) is 124 cm³/mol. The fourth-order valence-corrected chi connectivity index (χ4v) is 4.32. The Kier molecular flexibility index (Phi) is 10.2. The number of unbranched alkanes of at least 4 members (excludes halogenated alkanes) is 4. The van der Waals surface area contributed by atoms with Gasteiger partial charge in [-0.3, -0.25) is 4.79 Å². The molecule has 0 aliphatic heterocycles. The Morgan fingerprint density at radius 2 is 1.72 bits per heavy atom. The quantitative estimate of drug-likeness (QED) is 0.267. The molecule has 5 nitrogen and oxygen atoms in total. The first-order chi connectivity index (χ1) is 15.3. The molecule has 2 aromatic rings. The molecule has 0 saturated heterocycles. The maximum atomic E-state index is 13.1. The number of nitrogens with zero attached hydrogens (tertiary/aromatic N) is 1. The molecule has 1 amide bonds. The number of benzene rings is 2. The Hall–Kier alpha value is -2.41. The first-order valence-electron chi connectivity index (χ1n) is 11.3. The van der Waals surface area contributed by atoms with Crippen LogP contribution in [0.4, 0.5) is 4.39 Å². The molecule has 0 saturated carbocycles. The minimum absolute atomic E-state index is 0.0747. The number of halogens is 1. The molecule has 0 fully saturated rings. The highest BCUT2D eigenvalue weighted by Gasteiger charge is 2.20. The van der Waals surface area contributed by atoms with Crippen molar-refractivity contribution in [3.05, 3.63) is 59.9 Å². The fraction of sp³-hybridized carbons (Fsp3) is 0.480. The van der Waals surface area contributed by atoms with Crippen molar-refractivity contribution in [1.82, 2.24) is 4.90 Å². The molecule has 0 spiro atoms. The van der Waals surface area contributed by atoms with Crippen molar-refractivity contribution in [2.45, 2.75) is 83.2 Å². The van der Waals surface area contributed by atoms with Crippen molar-refractivity contribution in [1.29, 1.82) is 0 Å². The molecule has 1 unspecified atom stereocenters. The van der Waals surface area contributed by atoms with Crippen LogP contribution < -0.4 is 4.18 Å². The molecule has 0 heterocycles. The molecule has 176 valence electrons. The summed E-state index contributed by atoms with van der Waals surface area (Å²) in [4.78, 5) is 14.6. The van der Waals surface area contributed by atoms with Crippen molar-refractivity contribution in [3.63, 3.8) is 0 Å². The lowest BCUT2D eigenvalue weighted by Gasteiger charge is -2.29. The summed E-state index contributed by atoms with van der Waals surface area (Å²) in [5, 5.41) is 0. The molecule has 2 rings (SSSR count).